The summed E-state index contributed by atoms with van der Waals surface area (Å²) in [6.45, 7) is 26.1. The van der Waals surface area contributed by atoms with E-state index in [4.69, 9.17) is 23.1 Å². The molecule has 0 heterocycles. The van der Waals surface area contributed by atoms with E-state index in [1.165, 1.54) is 32.1 Å². The summed E-state index contributed by atoms with van der Waals surface area (Å²) >= 11 is 0. The lowest BCUT2D eigenvalue weighted by molar-refractivity contribution is -0.0293. The Kier molecular flexibility index (Phi) is 20.4. The van der Waals surface area contributed by atoms with Crippen molar-refractivity contribution < 1.29 is 23.1 Å². The maximum Gasteiger partial charge on any atom is 0.250 e. The molecule has 3 aromatic rings. The Hall–Kier alpha value is -3.31. The molecule has 0 amide bonds. The quantitative estimate of drug-likeness (QED) is 0.0574. The largest absolute Gasteiger partial charge is 0.544 e. The fraction of sp³-hybridized carbons (Fsp3) is 0.569. The molecule has 3 aromatic carbocycles. The van der Waals surface area contributed by atoms with Gasteiger partial charge in [0.2, 0.25) is 8.32 Å². The molecule has 3 atom stereocenters. The molecule has 0 spiro atoms. The van der Waals surface area contributed by atoms with Crippen molar-refractivity contribution in [2.75, 3.05) is 7.11 Å². The van der Waals surface area contributed by atoms with Crippen LogP contribution in [0.2, 0.25) is 36.3 Å². The van der Waals surface area contributed by atoms with Gasteiger partial charge in [0.25, 0.3) is 0 Å². The molecule has 7 heteroatoms. The molecule has 0 aliphatic carbocycles. The predicted octanol–water partition coefficient (Wildman–Crippen LogP) is 13.9. The molecule has 0 saturated carbocycles. The van der Waals surface area contributed by atoms with Crippen LogP contribution in [-0.4, -0.2) is 42.1 Å². The first-order valence-corrected chi connectivity index (χ1v) is 27.6. The van der Waals surface area contributed by atoms with Gasteiger partial charge in [-0.2, -0.15) is 0 Å². The van der Waals surface area contributed by atoms with E-state index < -0.39 is 16.6 Å². The fourth-order valence-electron chi connectivity index (χ4n) is 5.89. The molecular formula is C51H76O5Si2. The third-order valence-corrected chi connectivity index (χ3v) is 20.6. The van der Waals surface area contributed by atoms with Crippen molar-refractivity contribution in [2.45, 2.75) is 180 Å². The third-order valence-electron chi connectivity index (χ3n) is 11.7. The fourth-order valence-corrected chi connectivity index (χ4v) is 8.29. The summed E-state index contributed by atoms with van der Waals surface area (Å²) in [4.78, 5) is 0. The van der Waals surface area contributed by atoms with Crippen LogP contribution in [0.5, 0.6) is 11.5 Å². The summed E-state index contributed by atoms with van der Waals surface area (Å²) in [5, 5.41) is 0.185. The van der Waals surface area contributed by atoms with Crippen LogP contribution in [0.4, 0.5) is 0 Å². The number of unbranched alkanes of at least 4 members (excludes halogenated alkanes) is 6. The molecule has 0 bridgehead atoms. The van der Waals surface area contributed by atoms with Crippen molar-refractivity contribution in [1.29, 1.82) is 0 Å². The van der Waals surface area contributed by atoms with E-state index in [1.54, 1.807) is 7.11 Å². The van der Waals surface area contributed by atoms with Crippen LogP contribution >= 0.6 is 0 Å². The molecule has 0 saturated heterocycles. The van der Waals surface area contributed by atoms with Gasteiger partial charge in [-0.05, 0) is 96.6 Å². The molecule has 0 aromatic heterocycles. The van der Waals surface area contributed by atoms with Crippen LogP contribution in [0.3, 0.4) is 0 Å². The van der Waals surface area contributed by atoms with E-state index in [9.17, 15) is 0 Å². The first-order chi connectivity index (χ1) is 27.4. The van der Waals surface area contributed by atoms with Crippen LogP contribution in [0.1, 0.15) is 129 Å². The molecule has 0 aliphatic heterocycles. The van der Waals surface area contributed by atoms with Gasteiger partial charge in [0.05, 0.1) is 32.5 Å². The van der Waals surface area contributed by atoms with Crippen LogP contribution < -0.4 is 9.16 Å². The number of methoxy groups -OCH3 is 1. The predicted molar refractivity (Wildman–Crippen MR) is 249 cm³/mol. The first-order valence-electron chi connectivity index (χ1n) is 21.8. The SMILES string of the molecule is CCCCCCCCC#CC[C@H](C[C@H](C[C@H](C#Cc1ccc(O[Si](C)(C)C(C)(C)C)cc1)OCc1ccccc1)OCc1ccc(OC)cc1)O[Si](C)(C)C(C)(C)C. The highest BCUT2D eigenvalue weighted by Crippen LogP contribution is 2.39. The van der Waals surface area contributed by atoms with E-state index in [-0.39, 0.29) is 28.4 Å². The Bertz CT molecular complexity index is 1720. The van der Waals surface area contributed by atoms with Crippen LogP contribution in [0, 0.1) is 23.7 Å². The van der Waals surface area contributed by atoms with Gasteiger partial charge in [-0.1, -0.05) is 135 Å². The third kappa shape index (κ3) is 17.9. The Morgan fingerprint density at radius 1 is 0.603 bits per heavy atom. The molecule has 318 valence electrons. The lowest BCUT2D eigenvalue weighted by Gasteiger charge is -2.39. The highest BCUT2D eigenvalue weighted by molar-refractivity contribution is 6.75. The minimum Gasteiger partial charge on any atom is -0.544 e. The van der Waals surface area contributed by atoms with Gasteiger partial charge >= 0.3 is 0 Å². The minimum atomic E-state index is -2.12. The van der Waals surface area contributed by atoms with E-state index >= 15 is 0 Å². The van der Waals surface area contributed by atoms with Crippen molar-refractivity contribution in [1.82, 2.24) is 0 Å². The number of rotatable bonds is 22. The summed E-state index contributed by atoms with van der Waals surface area (Å²) in [6.07, 6.45) is 9.88. The van der Waals surface area contributed by atoms with Gasteiger partial charge in [0.1, 0.15) is 17.6 Å². The van der Waals surface area contributed by atoms with Gasteiger partial charge in [-0.25, -0.2) is 0 Å². The molecule has 3 rings (SSSR count). The molecule has 5 nitrogen and oxygen atoms in total. The zero-order valence-electron chi connectivity index (χ0n) is 38.3. The van der Waals surface area contributed by atoms with Gasteiger partial charge in [-0.15, -0.1) is 11.8 Å². The van der Waals surface area contributed by atoms with Gasteiger partial charge in [-0.3, -0.25) is 0 Å². The topological polar surface area (TPSA) is 46.2 Å². The average Bonchev–Trinajstić information content (AvgIpc) is 3.17. The van der Waals surface area contributed by atoms with E-state index in [0.717, 1.165) is 41.0 Å². The monoisotopic (exact) mass is 825 g/mol. The molecule has 0 unspecified atom stereocenters. The Balaban J connectivity index is 1.91. The molecule has 0 aliphatic rings. The summed E-state index contributed by atoms with van der Waals surface area (Å²) < 4.78 is 32.6. The summed E-state index contributed by atoms with van der Waals surface area (Å²) in [7, 11) is -2.38. The highest BCUT2D eigenvalue weighted by Gasteiger charge is 2.40. The summed E-state index contributed by atoms with van der Waals surface area (Å²) in [5.41, 5.74) is 3.11. The number of hydrogen-bond acceptors (Lipinski definition) is 5. The Labute approximate surface area is 356 Å². The molecular weight excluding hydrogens is 749 g/mol. The van der Waals surface area contributed by atoms with E-state index in [0.29, 0.717) is 32.5 Å². The zero-order chi connectivity index (χ0) is 42.7. The van der Waals surface area contributed by atoms with Gasteiger partial charge in [0.15, 0.2) is 8.32 Å². The molecule has 0 fully saturated rings. The first kappa shape index (κ1) is 49.1. The second-order valence-electron chi connectivity index (χ2n) is 18.8. The van der Waals surface area contributed by atoms with Crippen LogP contribution in [-0.2, 0) is 27.1 Å². The minimum absolute atomic E-state index is 0.0642. The average molecular weight is 825 g/mol. The normalized spacial score (nSPS) is 13.7. The standard InChI is InChI=1S/C51H76O5Si2/c1-13-14-15-16-17-18-19-20-24-27-48(56-58(11,12)51(5,6)7)39-49(54-41-44-31-33-45(52-8)34-32-44)38-47(53-40-43-25-22-21-23-26-43)37-30-42-28-35-46(36-29-42)55-57(9,10)50(2,3)4/h21-23,25-26,28-29,31-36,47-49H,13-19,27,38-41H2,1-12H3/t47-,48+,49-/m0/s1. The maximum atomic E-state index is 7.15. The second kappa shape index (κ2) is 24.1. The van der Waals surface area contributed by atoms with Crippen molar-refractivity contribution in [2.24, 2.45) is 0 Å². The molecule has 58 heavy (non-hydrogen) atoms. The van der Waals surface area contributed by atoms with Crippen molar-refractivity contribution in [3.63, 3.8) is 0 Å². The smallest absolute Gasteiger partial charge is 0.250 e. The number of benzene rings is 3. The van der Waals surface area contributed by atoms with E-state index in [1.807, 2.05) is 54.6 Å². The van der Waals surface area contributed by atoms with Gasteiger partial charge in [0, 0.05) is 24.8 Å². The van der Waals surface area contributed by atoms with E-state index in [2.05, 4.69) is 123 Å². The number of ether oxygens (including phenoxy) is 3. The van der Waals surface area contributed by atoms with Crippen molar-refractivity contribution in [3.05, 3.63) is 95.6 Å². The Morgan fingerprint density at radius 2 is 1.19 bits per heavy atom. The van der Waals surface area contributed by atoms with Crippen LogP contribution in [0.25, 0.3) is 0 Å². The Morgan fingerprint density at radius 3 is 1.81 bits per heavy atom. The zero-order valence-corrected chi connectivity index (χ0v) is 40.3. The van der Waals surface area contributed by atoms with Crippen LogP contribution in [0.15, 0.2) is 78.9 Å². The van der Waals surface area contributed by atoms with Crippen molar-refractivity contribution in [3.8, 4) is 35.2 Å². The lowest BCUT2D eigenvalue weighted by atomic mass is 10.0. The van der Waals surface area contributed by atoms with Crippen molar-refractivity contribution >= 4 is 16.6 Å². The molecule has 0 radical (unpaired) electrons. The second-order valence-corrected chi connectivity index (χ2v) is 28.3. The van der Waals surface area contributed by atoms with Gasteiger partial charge < -0.3 is 23.1 Å². The lowest BCUT2D eigenvalue weighted by Crippen LogP contribution is -2.45. The summed E-state index contributed by atoms with van der Waals surface area (Å²) in [6, 6.07) is 26.6. The molecule has 0 N–H and O–H groups in total. The highest BCUT2D eigenvalue weighted by atomic mass is 28.4. The summed E-state index contributed by atoms with van der Waals surface area (Å²) in [5.74, 6) is 15.7. The number of hydrogen-bond donors (Lipinski definition) is 0. The maximum absolute atomic E-state index is 7.15.